The van der Waals surface area contributed by atoms with Gasteiger partial charge in [-0.05, 0) is 49.1 Å². The van der Waals surface area contributed by atoms with Crippen molar-refractivity contribution < 1.29 is 13.9 Å². The van der Waals surface area contributed by atoms with Gasteiger partial charge in [-0.1, -0.05) is 31.5 Å². The van der Waals surface area contributed by atoms with Gasteiger partial charge in [-0.2, -0.15) is 0 Å². The van der Waals surface area contributed by atoms with Gasteiger partial charge in [-0.25, -0.2) is 4.79 Å². The highest BCUT2D eigenvalue weighted by Crippen LogP contribution is 2.32. The number of para-hydroxylation sites is 1. The van der Waals surface area contributed by atoms with E-state index in [1.165, 1.54) is 5.56 Å². The number of carbonyl (C=O) groups excluding carboxylic acids is 1. The van der Waals surface area contributed by atoms with Gasteiger partial charge in [-0.3, -0.25) is 4.79 Å². The van der Waals surface area contributed by atoms with E-state index in [9.17, 15) is 9.59 Å². The van der Waals surface area contributed by atoms with Crippen LogP contribution in [0.25, 0.3) is 11.0 Å². The Bertz CT molecular complexity index is 1090. The zero-order valence-corrected chi connectivity index (χ0v) is 16.1. The van der Waals surface area contributed by atoms with E-state index < -0.39 is 0 Å². The minimum Gasteiger partial charge on any atom is -0.484 e. The Morgan fingerprint density at radius 3 is 2.86 bits per heavy atom. The predicted molar refractivity (Wildman–Crippen MR) is 109 cm³/mol. The molecule has 1 atom stereocenters. The zero-order chi connectivity index (χ0) is 19.7. The summed E-state index contributed by atoms with van der Waals surface area (Å²) < 4.78 is 11.1. The van der Waals surface area contributed by atoms with Gasteiger partial charge < -0.3 is 14.1 Å². The summed E-state index contributed by atoms with van der Waals surface area (Å²) in [6.45, 7) is 4.04. The van der Waals surface area contributed by atoms with Crippen LogP contribution >= 0.6 is 0 Å². The number of benzene rings is 2. The molecule has 0 fully saturated rings. The highest BCUT2D eigenvalue weighted by atomic mass is 16.5. The van der Waals surface area contributed by atoms with Crippen molar-refractivity contribution in [3.63, 3.8) is 0 Å². The number of carbonyl (C=O) groups is 1. The molecule has 0 bridgehead atoms. The van der Waals surface area contributed by atoms with Crippen molar-refractivity contribution in [2.24, 2.45) is 0 Å². The minimum absolute atomic E-state index is 0.0664. The van der Waals surface area contributed by atoms with Gasteiger partial charge in [0.25, 0.3) is 5.91 Å². The van der Waals surface area contributed by atoms with E-state index in [0.717, 1.165) is 35.9 Å². The number of amides is 1. The van der Waals surface area contributed by atoms with E-state index in [1.54, 1.807) is 17.0 Å². The molecule has 28 heavy (non-hydrogen) atoms. The van der Waals surface area contributed by atoms with E-state index in [0.29, 0.717) is 11.3 Å². The van der Waals surface area contributed by atoms with Gasteiger partial charge in [0.05, 0.1) is 0 Å². The first-order valence-corrected chi connectivity index (χ1v) is 9.66. The lowest BCUT2D eigenvalue weighted by Gasteiger charge is -2.22. The van der Waals surface area contributed by atoms with Crippen LogP contribution in [0.4, 0.5) is 5.69 Å². The first-order chi connectivity index (χ1) is 13.6. The number of anilines is 1. The fourth-order valence-electron chi connectivity index (χ4n) is 3.94. The molecule has 5 heteroatoms. The van der Waals surface area contributed by atoms with Crippen LogP contribution in [0.5, 0.6) is 5.75 Å². The van der Waals surface area contributed by atoms with Crippen LogP contribution in [0.1, 0.15) is 31.4 Å². The molecule has 0 N–H and O–H groups in total. The summed E-state index contributed by atoms with van der Waals surface area (Å²) in [7, 11) is 0. The standard InChI is InChI=1S/C23H23NO4/c1-3-6-16-12-23(26)28-21-13-18(9-10-19(16)21)27-14-22(25)24-15(2)11-17-7-4-5-8-20(17)24/h4-5,7-10,12-13,15H,3,6,11,14H2,1-2H3. The van der Waals surface area contributed by atoms with Crippen LogP contribution in [-0.2, 0) is 17.6 Å². The van der Waals surface area contributed by atoms with Crippen LogP contribution in [0, 0.1) is 0 Å². The minimum atomic E-state index is -0.369. The molecule has 144 valence electrons. The molecule has 1 unspecified atom stereocenters. The molecule has 1 aliphatic rings. The summed E-state index contributed by atoms with van der Waals surface area (Å²) >= 11 is 0. The molecule has 4 rings (SSSR count). The van der Waals surface area contributed by atoms with Crippen molar-refractivity contribution in [3.05, 3.63) is 70.1 Å². The molecule has 0 aliphatic carbocycles. The molecular weight excluding hydrogens is 354 g/mol. The monoisotopic (exact) mass is 377 g/mol. The lowest BCUT2D eigenvalue weighted by Crippen LogP contribution is -2.39. The first kappa shape index (κ1) is 18.3. The van der Waals surface area contributed by atoms with Crippen molar-refractivity contribution in [2.75, 3.05) is 11.5 Å². The SMILES string of the molecule is CCCc1cc(=O)oc2cc(OCC(=O)N3c4ccccc4CC3C)ccc12. The lowest BCUT2D eigenvalue weighted by molar-refractivity contribution is -0.120. The average molecular weight is 377 g/mol. The number of fused-ring (bicyclic) bond motifs is 2. The number of hydrogen-bond donors (Lipinski definition) is 0. The largest absolute Gasteiger partial charge is 0.484 e. The zero-order valence-electron chi connectivity index (χ0n) is 16.1. The molecule has 2 heterocycles. The van der Waals surface area contributed by atoms with Crippen molar-refractivity contribution in [1.82, 2.24) is 0 Å². The maximum absolute atomic E-state index is 12.8. The molecule has 1 aromatic heterocycles. The normalized spacial score (nSPS) is 15.6. The summed E-state index contributed by atoms with van der Waals surface area (Å²) in [6.07, 6.45) is 2.61. The third kappa shape index (κ3) is 3.40. The van der Waals surface area contributed by atoms with Crippen LogP contribution in [0.2, 0.25) is 0 Å². The average Bonchev–Trinajstić information content (AvgIpc) is 3.01. The fraction of sp³-hybridized carbons (Fsp3) is 0.304. The van der Waals surface area contributed by atoms with Gasteiger partial charge in [-0.15, -0.1) is 0 Å². The number of rotatable bonds is 5. The molecule has 0 saturated carbocycles. The Hall–Kier alpha value is -3.08. The molecule has 5 nitrogen and oxygen atoms in total. The molecular formula is C23H23NO4. The first-order valence-electron chi connectivity index (χ1n) is 9.66. The van der Waals surface area contributed by atoms with Gasteiger partial charge >= 0.3 is 5.63 Å². The Morgan fingerprint density at radius 1 is 1.21 bits per heavy atom. The summed E-state index contributed by atoms with van der Waals surface area (Å²) in [6, 6.07) is 15.0. The van der Waals surface area contributed by atoms with Gasteiger partial charge in [0, 0.05) is 29.2 Å². The van der Waals surface area contributed by atoms with Crippen molar-refractivity contribution in [1.29, 1.82) is 0 Å². The van der Waals surface area contributed by atoms with Crippen molar-refractivity contribution in [3.8, 4) is 5.75 Å². The summed E-state index contributed by atoms with van der Waals surface area (Å²) in [5.74, 6) is 0.427. The molecule has 0 saturated heterocycles. The summed E-state index contributed by atoms with van der Waals surface area (Å²) in [5, 5.41) is 0.905. The highest BCUT2D eigenvalue weighted by Gasteiger charge is 2.30. The second kappa shape index (κ2) is 7.50. The van der Waals surface area contributed by atoms with Crippen molar-refractivity contribution in [2.45, 2.75) is 39.2 Å². The Labute approximate surface area is 163 Å². The van der Waals surface area contributed by atoms with Crippen LogP contribution in [0.3, 0.4) is 0 Å². The van der Waals surface area contributed by atoms with E-state index in [2.05, 4.69) is 13.0 Å². The molecule has 0 radical (unpaired) electrons. The maximum Gasteiger partial charge on any atom is 0.336 e. The molecule has 2 aromatic carbocycles. The van der Waals surface area contributed by atoms with E-state index in [1.807, 2.05) is 37.3 Å². The Balaban J connectivity index is 1.53. The van der Waals surface area contributed by atoms with E-state index >= 15 is 0 Å². The van der Waals surface area contributed by atoms with Gasteiger partial charge in [0.2, 0.25) is 0 Å². The second-order valence-electron chi connectivity index (χ2n) is 7.23. The number of ether oxygens (including phenoxy) is 1. The topological polar surface area (TPSA) is 59.8 Å². The quantitative estimate of drug-likeness (QED) is 0.628. The smallest absolute Gasteiger partial charge is 0.336 e. The van der Waals surface area contributed by atoms with Gasteiger partial charge in [0.15, 0.2) is 6.61 Å². The molecule has 0 spiro atoms. The number of nitrogens with zero attached hydrogens (tertiary/aromatic N) is 1. The van der Waals surface area contributed by atoms with E-state index in [4.69, 9.17) is 9.15 Å². The molecule has 1 aliphatic heterocycles. The fourth-order valence-corrected chi connectivity index (χ4v) is 3.94. The van der Waals surface area contributed by atoms with E-state index in [-0.39, 0.29) is 24.2 Å². The number of hydrogen-bond acceptors (Lipinski definition) is 4. The highest BCUT2D eigenvalue weighted by molar-refractivity contribution is 5.97. The van der Waals surface area contributed by atoms with Crippen LogP contribution in [-0.4, -0.2) is 18.6 Å². The third-order valence-corrected chi connectivity index (χ3v) is 5.16. The summed E-state index contributed by atoms with van der Waals surface area (Å²) in [4.78, 5) is 26.4. The van der Waals surface area contributed by atoms with Gasteiger partial charge in [0.1, 0.15) is 11.3 Å². The molecule has 3 aromatic rings. The van der Waals surface area contributed by atoms with Crippen LogP contribution < -0.4 is 15.3 Å². The summed E-state index contributed by atoms with van der Waals surface area (Å²) in [5.41, 5.74) is 3.22. The Kier molecular flexibility index (Phi) is 4.90. The van der Waals surface area contributed by atoms with Crippen molar-refractivity contribution >= 4 is 22.6 Å². The second-order valence-corrected chi connectivity index (χ2v) is 7.23. The molecule has 1 amide bonds. The number of aryl methyl sites for hydroxylation is 1. The lowest BCUT2D eigenvalue weighted by atomic mass is 10.1. The Morgan fingerprint density at radius 2 is 2.04 bits per heavy atom. The maximum atomic E-state index is 12.8. The van der Waals surface area contributed by atoms with Crippen LogP contribution in [0.15, 0.2) is 57.7 Å². The predicted octanol–water partition coefficient (Wildman–Crippen LogP) is 4.10. The third-order valence-electron chi connectivity index (χ3n) is 5.16.